The molecule has 0 bridgehead atoms. The maximum atomic E-state index is 11.9. The Hall–Kier alpha value is -2.04. The molecule has 5 heteroatoms. The lowest BCUT2D eigenvalue weighted by Crippen LogP contribution is -2.40. The monoisotopic (exact) mass is 292 g/mol. The first-order chi connectivity index (χ1) is 9.76. The molecule has 1 aromatic carbocycles. The van der Waals surface area contributed by atoms with E-state index in [1.165, 1.54) is 0 Å². The number of carbonyl (C=O) groups is 2. The Morgan fingerprint density at radius 1 is 1.24 bits per heavy atom. The highest BCUT2D eigenvalue weighted by atomic mass is 16.6. The quantitative estimate of drug-likeness (QED) is 0.844. The average molecular weight is 292 g/mol. The number of nitrogens with two attached hydrogens (primary N) is 1. The van der Waals surface area contributed by atoms with E-state index in [1.54, 1.807) is 0 Å². The van der Waals surface area contributed by atoms with Crippen LogP contribution in [0.25, 0.3) is 0 Å². The van der Waals surface area contributed by atoms with Gasteiger partial charge in [-0.15, -0.1) is 0 Å². The number of carbonyl (C=O) groups excluding carboxylic acids is 2. The third-order valence-corrected chi connectivity index (χ3v) is 2.78. The van der Waals surface area contributed by atoms with Gasteiger partial charge in [0.2, 0.25) is 5.91 Å². The molecular weight excluding hydrogens is 268 g/mol. The summed E-state index contributed by atoms with van der Waals surface area (Å²) in [4.78, 5) is 22.8. The van der Waals surface area contributed by atoms with Gasteiger partial charge in [0.25, 0.3) is 0 Å². The average Bonchev–Trinajstić information content (AvgIpc) is 2.34. The highest BCUT2D eigenvalue weighted by Gasteiger charge is 2.20. The second-order valence-electron chi connectivity index (χ2n) is 6.04. The first kappa shape index (κ1) is 17.0. The molecular formula is C16H24N2O3. The normalized spacial score (nSPS) is 12.5. The highest BCUT2D eigenvalue weighted by Crippen LogP contribution is 2.10. The molecule has 0 radical (unpaired) electrons. The van der Waals surface area contributed by atoms with Gasteiger partial charge in [-0.3, -0.25) is 4.79 Å². The fourth-order valence-corrected chi connectivity index (χ4v) is 1.91. The first-order valence-electron chi connectivity index (χ1n) is 7.08. The Morgan fingerprint density at radius 2 is 1.86 bits per heavy atom. The fraction of sp³-hybridized carbons (Fsp3) is 0.500. The zero-order valence-electron chi connectivity index (χ0n) is 12.9. The van der Waals surface area contributed by atoms with E-state index in [2.05, 4.69) is 5.32 Å². The van der Waals surface area contributed by atoms with Crippen molar-refractivity contribution in [1.82, 2.24) is 5.32 Å². The van der Waals surface area contributed by atoms with E-state index < -0.39 is 11.7 Å². The molecule has 0 spiro atoms. The highest BCUT2D eigenvalue weighted by molar-refractivity contribution is 5.74. The molecule has 0 saturated heterocycles. The van der Waals surface area contributed by atoms with Crippen LogP contribution in [0.4, 0.5) is 4.79 Å². The minimum absolute atomic E-state index is 0.185. The summed E-state index contributed by atoms with van der Waals surface area (Å²) in [5, 5.41) is 2.81. The van der Waals surface area contributed by atoms with Crippen LogP contribution in [0, 0.1) is 0 Å². The molecule has 3 N–H and O–H groups in total. The molecule has 0 heterocycles. The van der Waals surface area contributed by atoms with Gasteiger partial charge < -0.3 is 15.8 Å². The first-order valence-corrected chi connectivity index (χ1v) is 7.08. The minimum atomic E-state index is -0.551. The van der Waals surface area contributed by atoms with Crippen molar-refractivity contribution in [3.63, 3.8) is 0 Å². The van der Waals surface area contributed by atoms with Gasteiger partial charge in [0.1, 0.15) is 5.60 Å². The number of primary amides is 1. The van der Waals surface area contributed by atoms with Gasteiger partial charge in [-0.1, -0.05) is 30.3 Å². The van der Waals surface area contributed by atoms with Gasteiger partial charge in [-0.2, -0.15) is 0 Å². The summed E-state index contributed by atoms with van der Waals surface area (Å²) in [5.74, 6) is -0.376. The second-order valence-corrected chi connectivity index (χ2v) is 6.04. The standard InChI is InChI=1S/C16H24N2O3/c1-16(2,3)21-15(20)18-13(9-10-14(17)19)11-12-7-5-4-6-8-12/h4-8,13H,9-11H2,1-3H3,(H2,17,19)(H,18,20)/t13-/m0/s1. The molecule has 1 aromatic rings. The van der Waals surface area contributed by atoms with Crippen molar-refractivity contribution in [1.29, 1.82) is 0 Å². The summed E-state index contributed by atoms with van der Waals surface area (Å²) in [6.07, 6.45) is 0.873. The van der Waals surface area contributed by atoms with Crippen LogP contribution in [-0.4, -0.2) is 23.6 Å². The number of hydrogen-bond donors (Lipinski definition) is 2. The van der Waals surface area contributed by atoms with Crippen molar-refractivity contribution in [2.24, 2.45) is 5.73 Å². The molecule has 0 aromatic heterocycles. The van der Waals surface area contributed by atoms with E-state index in [1.807, 2.05) is 51.1 Å². The summed E-state index contributed by atoms with van der Waals surface area (Å²) in [6, 6.07) is 9.59. The van der Waals surface area contributed by atoms with Crippen molar-refractivity contribution in [3.8, 4) is 0 Å². The van der Waals surface area contributed by atoms with Crippen molar-refractivity contribution in [2.45, 2.75) is 51.7 Å². The second kappa shape index (κ2) is 7.67. The van der Waals surface area contributed by atoms with Gasteiger partial charge in [-0.05, 0) is 39.2 Å². The molecule has 1 rings (SSSR count). The van der Waals surface area contributed by atoms with Crippen molar-refractivity contribution >= 4 is 12.0 Å². The predicted molar refractivity (Wildman–Crippen MR) is 81.7 cm³/mol. The minimum Gasteiger partial charge on any atom is -0.444 e. The fourth-order valence-electron chi connectivity index (χ4n) is 1.91. The van der Waals surface area contributed by atoms with Crippen LogP contribution in [0.2, 0.25) is 0 Å². The van der Waals surface area contributed by atoms with Crippen molar-refractivity contribution in [2.75, 3.05) is 0 Å². The van der Waals surface area contributed by atoms with E-state index >= 15 is 0 Å². The summed E-state index contributed by atoms with van der Waals surface area (Å²) < 4.78 is 5.25. The summed E-state index contributed by atoms with van der Waals surface area (Å²) in [7, 11) is 0. The number of nitrogens with one attached hydrogen (secondary N) is 1. The van der Waals surface area contributed by atoms with E-state index in [-0.39, 0.29) is 18.4 Å². The number of benzene rings is 1. The number of hydrogen-bond acceptors (Lipinski definition) is 3. The Balaban J connectivity index is 2.63. The maximum Gasteiger partial charge on any atom is 0.407 e. The number of ether oxygens (including phenoxy) is 1. The number of alkyl carbamates (subject to hydrolysis) is 1. The predicted octanol–water partition coefficient (Wildman–Crippen LogP) is 2.39. The van der Waals surface area contributed by atoms with Crippen molar-refractivity contribution in [3.05, 3.63) is 35.9 Å². The van der Waals surface area contributed by atoms with Crippen LogP contribution in [0.15, 0.2) is 30.3 Å². The molecule has 0 saturated carbocycles. The molecule has 0 unspecified atom stereocenters. The number of amides is 2. The molecule has 116 valence electrons. The molecule has 0 aliphatic heterocycles. The van der Waals surface area contributed by atoms with Crippen molar-refractivity contribution < 1.29 is 14.3 Å². The van der Waals surface area contributed by atoms with Gasteiger partial charge in [0.05, 0.1) is 0 Å². The lowest BCUT2D eigenvalue weighted by Gasteiger charge is -2.23. The third-order valence-electron chi connectivity index (χ3n) is 2.78. The Bertz CT molecular complexity index is 466. The molecule has 0 aliphatic carbocycles. The molecule has 1 atom stereocenters. The summed E-state index contributed by atoms with van der Waals surface area (Å²) in [5.41, 5.74) is 5.72. The molecule has 2 amide bonds. The van der Waals surface area contributed by atoms with E-state index in [9.17, 15) is 9.59 Å². The maximum absolute atomic E-state index is 11.9. The largest absolute Gasteiger partial charge is 0.444 e. The molecule has 21 heavy (non-hydrogen) atoms. The van der Waals surface area contributed by atoms with Crippen LogP contribution in [0.5, 0.6) is 0 Å². The van der Waals surface area contributed by atoms with Gasteiger partial charge in [-0.25, -0.2) is 4.79 Å². The SMILES string of the molecule is CC(C)(C)OC(=O)N[C@@H](CCC(N)=O)Cc1ccccc1. The van der Waals surface area contributed by atoms with Gasteiger partial charge in [0.15, 0.2) is 0 Å². The molecule has 0 aliphatic rings. The van der Waals surface area contributed by atoms with E-state index in [0.29, 0.717) is 12.8 Å². The molecule has 0 fully saturated rings. The molecule has 5 nitrogen and oxygen atoms in total. The Morgan fingerprint density at radius 3 is 2.38 bits per heavy atom. The smallest absolute Gasteiger partial charge is 0.407 e. The van der Waals surface area contributed by atoms with E-state index in [0.717, 1.165) is 5.56 Å². The van der Waals surface area contributed by atoms with Gasteiger partial charge in [0, 0.05) is 12.5 Å². The van der Waals surface area contributed by atoms with E-state index in [4.69, 9.17) is 10.5 Å². The Kier molecular flexibility index (Phi) is 6.21. The van der Waals surface area contributed by atoms with Crippen LogP contribution < -0.4 is 11.1 Å². The zero-order chi connectivity index (χ0) is 15.9. The Labute approximate surface area is 125 Å². The topological polar surface area (TPSA) is 81.4 Å². The van der Waals surface area contributed by atoms with Crippen LogP contribution in [0.3, 0.4) is 0 Å². The lowest BCUT2D eigenvalue weighted by molar-refractivity contribution is -0.118. The third kappa shape index (κ3) is 7.97. The van der Waals surface area contributed by atoms with Crippen LogP contribution in [-0.2, 0) is 16.0 Å². The lowest BCUT2D eigenvalue weighted by atomic mass is 10.0. The van der Waals surface area contributed by atoms with Crippen LogP contribution >= 0.6 is 0 Å². The summed E-state index contributed by atoms with van der Waals surface area (Å²) >= 11 is 0. The van der Waals surface area contributed by atoms with Crippen LogP contribution in [0.1, 0.15) is 39.2 Å². The zero-order valence-corrected chi connectivity index (χ0v) is 12.9. The number of rotatable bonds is 6. The summed E-state index contributed by atoms with van der Waals surface area (Å²) in [6.45, 7) is 5.42. The van der Waals surface area contributed by atoms with Gasteiger partial charge >= 0.3 is 6.09 Å².